The van der Waals surface area contributed by atoms with Gasteiger partial charge in [-0.05, 0) is 42.7 Å². The van der Waals surface area contributed by atoms with Gasteiger partial charge in [0.2, 0.25) is 5.91 Å². The highest BCUT2D eigenvalue weighted by Gasteiger charge is 2.28. The molecule has 36 heavy (non-hydrogen) atoms. The van der Waals surface area contributed by atoms with E-state index in [1.807, 2.05) is 30.3 Å². The number of benzene rings is 1. The zero-order chi connectivity index (χ0) is 25.1. The maximum Gasteiger partial charge on any atom is 0.262 e. The first kappa shape index (κ1) is 24.6. The van der Waals surface area contributed by atoms with Crippen LogP contribution in [0.2, 0.25) is 5.02 Å². The third-order valence-electron chi connectivity index (χ3n) is 6.75. The molecule has 1 saturated carbocycles. The van der Waals surface area contributed by atoms with Crippen LogP contribution in [0.25, 0.3) is 0 Å². The van der Waals surface area contributed by atoms with E-state index in [-0.39, 0.29) is 11.8 Å². The van der Waals surface area contributed by atoms with E-state index in [2.05, 4.69) is 20.6 Å². The number of hydrogen-bond acceptors (Lipinski definition) is 6. The molecule has 190 valence electrons. The lowest BCUT2D eigenvalue weighted by Crippen LogP contribution is -2.44. The van der Waals surface area contributed by atoms with Crippen molar-refractivity contribution in [3.8, 4) is 5.75 Å². The van der Waals surface area contributed by atoms with Crippen LogP contribution in [-0.2, 0) is 18.4 Å². The molecule has 10 heteroatoms. The Bertz CT molecular complexity index is 1240. The van der Waals surface area contributed by atoms with Crippen LogP contribution in [0.4, 0.5) is 11.4 Å². The third kappa shape index (κ3) is 5.84. The fourth-order valence-electron chi connectivity index (χ4n) is 4.94. The third-order valence-corrected chi connectivity index (χ3v) is 8.05. The zero-order valence-corrected chi connectivity index (χ0v) is 21.8. The van der Waals surface area contributed by atoms with Crippen LogP contribution >= 0.6 is 22.9 Å². The van der Waals surface area contributed by atoms with Crippen molar-refractivity contribution in [2.75, 3.05) is 23.4 Å². The van der Waals surface area contributed by atoms with Gasteiger partial charge >= 0.3 is 0 Å². The number of nitrogens with zero attached hydrogens (tertiary/aromatic N) is 3. The average molecular weight is 528 g/mol. The van der Waals surface area contributed by atoms with Gasteiger partial charge in [0.25, 0.3) is 5.91 Å². The van der Waals surface area contributed by atoms with Gasteiger partial charge < -0.3 is 20.3 Å². The van der Waals surface area contributed by atoms with Crippen LogP contribution in [0.15, 0.2) is 42.7 Å². The smallest absolute Gasteiger partial charge is 0.262 e. The van der Waals surface area contributed by atoms with Gasteiger partial charge in [0.05, 0.1) is 35.5 Å². The Hall–Kier alpha value is -3.04. The van der Waals surface area contributed by atoms with E-state index in [1.54, 1.807) is 24.1 Å². The molecule has 1 aliphatic heterocycles. The first-order valence-corrected chi connectivity index (χ1v) is 13.5. The molecule has 0 unspecified atom stereocenters. The Morgan fingerprint density at radius 1 is 1.25 bits per heavy atom. The van der Waals surface area contributed by atoms with Crippen LogP contribution in [0.3, 0.4) is 0 Å². The molecule has 3 heterocycles. The molecule has 0 bridgehead atoms. The molecule has 2 aromatic heterocycles. The maximum atomic E-state index is 13.2. The minimum Gasteiger partial charge on any atom is -0.490 e. The number of thiophene rings is 1. The summed E-state index contributed by atoms with van der Waals surface area (Å²) in [6, 6.07) is 8.83. The first-order chi connectivity index (χ1) is 17.4. The van der Waals surface area contributed by atoms with Gasteiger partial charge in [-0.1, -0.05) is 37.3 Å². The summed E-state index contributed by atoms with van der Waals surface area (Å²) in [7, 11) is 1.80. The molecule has 2 N–H and O–H groups in total. The quantitative estimate of drug-likeness (QED) is 0.437. The van der Waals surface area contributed by atoms with Crippen LogP contribution < -0.4 is 20.3 Å². The summed E-state index contributed by atoms with van der Waals surface area (Å²) in [5.74, 6) is 0.833. The number of ether oxygens (including phenoxy) is 1. The summed E-state index contributed by atoms with van der Waals surface area (Å²) in [6.45, 7) is 1.99. The number of carbonyl (C=O) groups is 2. The van der Waals surface area contributed by atoms with E-state index in [9.17, 15) is 9.59 Å². The highest BCUT2D eigenvalue weighted by atomic mass is 35.5. The monoisotopic (exact) mass is 527 g/mol. The molecule has 3 aromatic rings. The number of aryl methyl sites for hydroxylation is 1. The zero-order valence-electron chi connectivity index (χ0n) is 20.2. The predicted molar refractivity (Wildman–Crippen MR) is 142 cm³/mol. The molecule has 8 nitrogen and oxygen atoms in total. The van der Waals surface area contributed by atoms with E-state index in [4.69, 9.17) is 16.3 Å². The highest BCUT2D eigenvalue weighted by molar-refractivity contribution is 7.14. The number of halogens is 1. The topological polar surface area (TPSA) is 88.5 Å². The number of nitrogens with one attached hydrogen (secondary N) is 2. The van der Waals surface area contributed by atoms with Crippen molar-refractivity contribution in [3.63, 3.8) is 0 Å². The van der Waals surface area contributed by atoms with Crippen molar-refractivity contribution in [2.45, 2.75) is 44.7 Å². The van der Waals surface area contributed by atoms with Crippen LogP contribution in [0.1, 0.15) is 46.7 Å². The molecule has 1 fully saturated rings. The standard InChI is InChI=1S/C26H30ClN5O3S/c1-31-15-19(14-28-31)29-25(33)21(12-17-4-2-3-5-17)30-26(34)24-9-7-20(36-24)16-32-10-11-35-23-8-6-18(27)13-22(23)32/h6-9,13-15,17,21H,2-5,10-12,16H2,1H3,(H,29,33)(H,30,34)/t21-/m0/s1. The lowest BCUT2D eigenvalue weighted by atomic mass is 9.97. The molecule has 2 aliphatic rings. The number of aromatic nitrogens is 2. The summed E-state index contributed by atoms with van der Waals surface area (Å²) in [5.41, 5.74) is 1.58. The second-order valence-electron chi connectivity index (χ2n) is 9.45. The molecule has 1 aliphatic carbocycles. The van der Waals surface area contributed by atoms with Crippen LogP contribution in [0, 0.1) is 5.92 Å². The van der Waals surface area contributed by atoms with Gasteiger partial charge in [-0.15, -0.1) is 11.3 Å². The number of anilines is 2. The Morgan fingerprint density at radius 3 is 2.86 bits per heavy atom. The van der Waals surface area contributed by atoms with Crippen molar-refractivity contribution in [1.82, 2.24) is 15.1 Å². The Kier molecular flexibility index (Phi) is 7.48. The number of amides is 2. The summed E-state index contributed by atoms with van der Waals surface area (Å²) in [6.07, 6.45) is 8.55. The van der Waals surface area contributed by atoms with Crippen molar-refractivity contribution in [3.05, 3.63) is 57.5 Å². The molecular weight excluding hydrogens is 498 g/mol. The molecule has 1 aromatic carbocycles. The van der Waals surface area contributed by atoms with Gasteiger partial charge in [0.1, 0.15) is 18.4 Å². The molecule has 2 amide bonds. The summed E-state index contributed by atoms with van der Waals surface area (Å²) >= 11 is 7.65. The van der Waals surface area contributed by atoms with Gasteiger partial charge in [-0.3, -0.25) is 14.3 Å². The fourth-order valence-corrected chi connectivity index (χ4v) is 6.03. The van der Waals surface area contributed by atoms with E-state index in [0.29, 0.717) is 41.1 Å². The molecule has 0 saturated heterocycles. The van der Waals surface area contributed by atoms with Crippen molar-refractivity contribution < 1.29 is 14.3 Å². The Morgan fingerprint density at radius 2 is 2.08 bits per heavy atom. The van der Waals surface area contributed by atoms with Gasteiger partial charge in [-0.25, -0.2) is 0 Å². The largest absolute Gasteiger partial charge is 0.490 e. The second kappa shape index (κ2) is 10.9. The Labute approximate surface area is 219 Å². The molecule has 1 atom stereocenters. The molecule has 0 spiro atoms. The van der Waals surface area contributed by atoms with Crippen molar-refractivity contribution >= 4 is 46.1 Å². The Balaban J connectivity index is 1.26. The summed E-state index contributed by atoms with van der Waals surface area (Å²) in [4.78, 5) is 30.1. The maximum absolute atomic E-state index is 13.2. The van der Waals surface area contributed by atoms with E-state index >= 15 is 0 Å². The SMILES string of the molecule is Cn1cc(NC(=O)[C@H](CC2CCCC2)NC(=O)c2ccc(CN3CCOc4ccc(Cl)cc43)s2)cn1. The number of carbonyl (C=O) groups excluding carboxylic acids is 2. The van der Waals surface area contributed by atoms with Crippen LogP contribution in [-0.4, -0.2) is 40.8 Å². The first-order valence-electron chi connectivity index (χ1n) is 12.3. The van der Waals surface area contributed by atoms with Gasteiger partial charge in [0, 0.05) is 23.1 Å². The van der Waals surface area contributed by atoms with Gasteiger partial charge in [0.15, 0.2) is 0 Å². The predicted octanol–water partition coefficient (Wildman–Crippen LogP) is 4.85. The van der Waals surface area contributed by atoms with Crippen molar-refractivity contribution in [2.24, 2.45) is 13.0 Å². The van der Waals surface area contributed by atoms with Gasteiger partial charge in [-0.2, -0.15) is 5.10 Å². The minimum atomic E-state index is -0.598. The average Bonchev–Trinajstić information content (AvgIpc) is 3.62. The second-order valence-corrected chi connectivity index (χ2v) is 11.1. The number of hydrogen-bond donors (Lipinski definition) is 2. The highest BCUT2D eigenvalue weighted by Crippen LogP contribution is 2.35. The van der Waals surface area contributed by atoms with E-state index in [1.165, 1.54) is 24.2 Å². The summed E-state index contributed by atoms with van der Waals surface area (Å²) < 4.78 is 7.38. The van der Waals surface area contributed by atoms with E-state index in [0.717, 1.165) is 35.7 Å². The number of fused-ring (bicyclic) bond motifs is 1. The van der Waals surface area contributed by atoms with Crippen molar-refractivity contribution in [1.29, 1.82) is 0 Å². The lowest BCUT2D eigenvalue weighted by Gasteiger charge is -2.31. The number of rotatable bonds is 8. The summed E-state index contributed by atoms with van der Waals surface area (Å²) in [5, 5.41) is 10.7. The minimum absolute atomic E-state index is 0.207. The molecular formula is C26H30ClN5O3S. The van der Waals surface area contributed by atoms with E-state index < -0.39 is 6.04 Å². The normalized spacial score (nSPS) is 16.3. The van der Waals surface area contributed by atoms with Crippen LogP contribution in [0.5, 0.6) is 5.75 Å². The fraction of sp³-hybridized carbons (Fsp3) is 0.423. The molecule has 0 radical (unpaired) electrons. The lowest BCUT2D eigenvalue weighted by molar-refractivity contribution is -0.118. The molecule has 5 rings (SSSR count).